The number of nitrogens with zero attached hydrogens (tertiary/aromatic N) is 1. The Kier molecular flexibility index (Phi) is 6.70. The molecule has 0 aliphatic carbocycles. The van der Waals surface area contributed by atoms with Crippen LogP contribution in [-0.2, 0) is 36.1 Å². The van der Waals surface area contributed by atoms with E-state index < -0.39 is 69.7 Å². The molecule has 0 aliphatic rings. The molecule has 0 aliphatic heterocycles. The van der Waals surface area contributed by atoms with Crippen LogP contribution in [0.15, 0.2) is 0 Å². The Morgan fingerprint density at radius 3 is 0.862 bits per heavy atom. The summed E-state index contributed by atoms with van der Waals surface area (Å²) in [6.07, 6.45) is -15.1. The third-order valence-electron chi connectivity index (χ3n) is 2.54. The Hall–Kier alpha value is -1.10. The van der Waals surface area contributed by atoms with Gasteiger partial charge in [0.05, 0.1) is 4.21 Å². The van der Waals surface area contributed by atoms with Crippen molar-refractivity contribution in [3.05, 3.63) is 0 Å². The van der Waals surface area contributed by atoms with Gasteiger partial charge in [0, 0.05) is 0 Å². The molecule has 0 aromatic carbocycles. The molecule has 6 nitrogen and oxygen atoms in total. The predicted octanol–water partition coefficient (Wildman–Crippen LogP) is 2.87. The molecule has 0 heterocycles. The number of sulfonamides is 2. The van der Waals surface area contributed by atoms with Crippen molar-refractivity contribution in [3.8, 4) is 0 Å². The summed E-state index contributed by atoms with van der Waals surface area (Å²) in [4.78, 5) is 0. The van der Waals surface area contributed by atoms with E-state index in [1.165, 1.54) is 0 Å². The van der Waals surface area contributed by atoms with Gasteiger partial charge in [0.1, 0.15) is 0 Å². The summed E-state index contributed by atoms with van der Waals surface area (Å²) in [6.45, 7) is 0. The molecule has 29 heavy (non-hydrogen) atoms. The largest absolute Gasteiger partial charge is 0.623 e. The van der Waals surface area contributed by atoms with Gasteiger partial charge < -0.3 is 0 Å². The minimum Gasteiger partial charge on any atom is -0.200 e. The van der Waals surface area contributed by atoms with E-state index >= 15 is 0 Å². The second kappa shape index (κ2) is 6.96. The van der Waals surface area contributed by atoms with E-state index in [-0.39, 0.29) is 0 Å². The Bertz CT molecular complexity index is 787. The molecule has 0 atom stereocenters. The number of rotatable bonds is 7. The summed E-state index contributed by atoms with van der Waals surface area (Å²) >= 11 is -2.86. The van der Waals surface area contributed by atoms with Crippen molar-refractivity contribution < 1.29 is 82.5 Å². The normalized spacial score (nSPS) is 16.2. The van der Waals surface area contributed by atoms with E-state index in [2.05, 4.69) is 0 Å². The van der Waals surface area contributed by atoms with Gasteiger partial charge in [-0.25, -0.2) is 0 Å². The van der Waals surface area contributed by atoms with Crippen molar-refractivity contribution in [1.29, 1.82) is 0 Å². The van der Waals surface area contributed by atoms with Crippen LogP contribution in [0.2, 0.25) is 0 Å². The highest BCUT2D eigenvalue weighted by atomic mass is 32.3. The zero-order valence-corrected chi connectivity index (χ0v) is 14.5. The molecule has 23 heteroatoms. The fraction of sp³-hybridized carbons (Fsp3) is 1.00. The van der Waals surface area contributed by atoms with Crippen LogP contribution in [0.1, 0.15) is 0 Å². The summed E-state index contributed by atoms with van der Waals surface area (Å²) < 4.78 is 227. The summed E-state index contributed by atoms with van der Waals surface area (Å²) in [5.41, 5.74) is 0. The quantitative estimate of drug-likeness (QED) is 0.288. The van der Waals surface area contributed by atoms with Crippen molar-refractivity contribution in [2.24, 2.45) is 0 Å². The van der Waals surface area contributed by atoms with Crippen LogP contribution >= 0.6 is 0 Å². The highest BCUT2D eigenvalue weighted by molar-refractivity contribution is 8.12. The lowest BCUT2D eigenvalue weighted by Crippen LogP contribution is -2.64. The Morgan fingerprint density at radius 1 is 0.517 bits per heavy atom. The van der Waals surface area contributed by atoms with Gasteiger partial charge in [0.25, 0.3) is 0 Å². The van der Waals surface area contributed by atoms with Gasteiger partial charge in [-0.3, -0.25) is 0 Å². The summed E-state index contributed by atoms with van der Waals surface area (Å²) in [7, 11) is -17.1. The molecule has 0 unspecified atom stereocenters. The van der Waals surface area contributed by atoms with Crippen LogP contribution in [0.4, 0.5) is 61.5 Å². The first-order valence-corrected chi connectivity index (χ1v) is 9.01. The van der Waals surface area contributed by atoms with Crippen LogP contribution in [0.5, 0.6) is 0 Å². The standard InChI is InChI=1S/C6F14NO5S3/c7-1(8,3(11,12)13)5(17,18)28(23,24)21(27-22)29(25,26)6(19,20)2(9,10)4(14,15)16/q+1. The molecule has 0 aromatic heterocycles. The molecule has 0 amide bonds. The average Bonchev–Trinajstić information content (AvgIpc) is 2.43. The summed E-state index contributed by atoms with van der Waals surface area (Å²) in [5, 5.41) is -15.7. The molecule has 0 bridgehead atoms. The second-order valence-electron chi connectivity index (χ2n) is 4.43. The minimum absolute atomic E-state index is 2.86. The molecule has 0 saturated carbocycles. The molecule has 0 N–H and O–H groups in total. The Labute approximate surface area is 153 Å². The van der Waals surface area contributed by atoms with E-state index in [9.17, 15) is 82.5 Å². The average molecular weight is 528 g/mol. The molecule has 0 radical (unpaired) electrons. The van der Waals surface area contributed by atoms with Gasteiger partial charge in [0.15, 0.2) is 0 Å². The molecule has 0 aromatic rings. The zero-order valence-electron chi connectivity index (χ0n) is 12.0. The topological polar surface area (TPSA) is 88.6 Å². The molecular formula is C6F14NO5S3+. The number of hydrogen-bond donors (Lipinski definition) is 0. The monoisotopic (exact) mass is 528 g/mol. The second-order valence-corrected chi connectivity index (χ2v) is 9.29. The van der Waals surface area contributed by atoms with E-state index in [4.69, 9.17) is 0 Å². The molecule has 0 spiro atoms. The van der Waals surface area contributed by atoms with Crippen molar-refractivity contribution in [1.82, 2.24) is 3.12 Å². The maximum atomic E-state index is 13.2. The highest BCUT2D eigenvalue weighted by Gasteiger charge is 2.87. The van der Waals surface area contributed by atoms with Crippen molar-refractivity contribution >= 4 is 31.9 Å². The molecular weight excluding hydrogens is 528 g/mol. The lowest BCUT2D eigenvalue weighted by Gasteiger charge is -2.29. The fourth-order valence-electron chi connectivity index (χ4n) is 1.05. The highest BCUT2D eigenvalue weighted by Crippen LogP contribution is 2.53. The van der Waals surface area contributed by atoms with E-state index in [1.54, 1.807) is 0 Å². The third-order valence-corrected chi connectivity index (χ3v) is 7.98. The molecule has 0 rings (SSSR count). The first-order chi connectivity index (χ1) is 12.2. The number of alkyl halides is 14. The SMILES string of the molecule is O=[S+]N(S(=O)(=O)C(F)(F)C(F)(F)C(F)(F)F)S(=O)(=O)C(F)(F)C(F)(F)C(F)(F)F. The van der Waals surface area contributed by atoms with E-state index in [1.807, 2.05) is 0 Å². The zero-order chi connectivity index (χ0) is 24.3. The van der Waals surface area contributed by atoms with Crippen LogP contribution in [0, 0.1) is 0 Å². The fourth-order valence-corrected chi connectivity index (χ4v) is 5.10. The maximum Gasteiger partial charge on any atom is 0.623 e. The van der Waals surface area contributed by atoms with Crippen molar-refractivity contribution in [2.45, 2.75) is 34.7 Å². The lowest BCUT2D eigenvalue weighted by molar-refractivity contribution is -0.333. The number of hydrogen-bond acceptors (Lipinski definition) is 5. The van der Waals surface area contributed by atoms with Crippen molar-refractivity contribution in [2.75, 3.05) is 0 Å². The van der Waals surface area contributed by atoms with Crippen LogP contribution < -0.4 is 0 Å². The van der Waals surface area contributed by atoms with Gasteiger partial charge >= 0.3 is 66.6 Å². The van der Waals surface area contributed by atoms with Crippen LogP contribution in [0.25, 0.3) is 0 Å². The third kappa shape index (κ3) is 3.73. The van der Waals surface area contributed by atoms with Gasteiger partial charge in [-0.15, -0.1) is 0 Å². The number of halogens is 14. The van der Waals surface area contributed by atoms with E-state index in [0.29, 0.717) is 0 Å². The van der Waals surface area contributed by atoms with Gasteiger partial charge in [-0.05, 0) is 0 Å². The molecule has 0 saturated heterocycles. The predicted molar refractivity (Wildman–Crippen MR) is 59.6 cm³/mol. The Morgan fingerprint density at radius 2 is 0.724 bits per heavy atom. The molecule has 0 fully saturated rings. The summed E-state index contributed by atoms with van der Waals surface area (Å²) in [6, 6.07) is 0. The van der Waals surface area contributed by atoms with Crippen molar-refractivity contribution in [3.63, 3.8) is 0 Å². The van der Waals surface area contributed by atoms with Gasteiger partial charge in [0.2, 0.25) is 3.12 Å². The summed E-state index contributed by atoms with van der Waals surface area (Å²) in [5.74, 6) is -15.7. The van der Waals surface area contributed by atoms with Gasteiger partial charge in [-0.2, -0.15) is 78.3 Å². The smallest absolute Gasteiger partial charge is 0.200 e. The maximum absolute atomic E-state index is 13.2. The lowest BCUT2D eigenvalue weighted by atomic mass is 10.3. The molecule has 174 valence electrons. The Balaban J connectivity index is 6.94. The minimum atomic E-state index is -8.53. The van der Waals surface area contributed by atoms with Crippen LogP contribution in [0.3, 0.4) is 0 Å². The first kappa shape index (κ1) is 27.9. The van der Waals surface area contributed by atoms with Crippen LogP contribution in [-0.4, -0.2) is 54.7 Å². The first-order valence-electron chi connectivity index (χ1n) is 5.44. The van der Waals surface area contributed by atoms with E-state index in [0.717, 1.165) is 0 Å². The van der Waals surface area contributed by atoms with Gasteiger partial charge in [-0.1, -0.05) is 0 Å².